The molecule has 62 valence electrons. The van der Waals surface area contributed by atoms with Gasteiger partial charge in [0.15, 0.2) is 0 Å². The van der Waals surface area contributed by atoms with Gasteiger partial charge in [-0.15, -0.1) is 0 Å². The summed E-state index contributed by atoms with van der Waals surface area (Å²) in [4.78, 5) is 0. The molecule has 0 amide bonds. The zero-order valence-electron chi connectivity index (χ0n) is 6.53. The molecule has 3 nitrogen and oxygen atoms in total. The fourth-order valence-electron chi connectivity index (χ4n) is 0.806. The molecule has 0 saturated heterocycles. The summed E-state index contributed by atoms with van der Waals surface area (Å²) in [7, 11) is -3.18. The van der Waals surface area contributed by atoms with Gasteiger partial charge >= 0.3 is 0 Å². The van der Waals surface area contributed by atoms with Crippen LogP contribution in [0.2, 0.25) is 0 Å². The van der Waals surface area contributed by atoms with Crippen LogP contribution in [0, 0.1) is 5.92 Å². The topological polar surface area (TPSA) is 46.2 Å². The molecule has 0 bridgehead atoms. The number of allylic oxidation sites excluding steroid dienone is 2. The molecule has 0 spiro atoms. The molecule has 0 unspecified atom stereocenters. The Morgan fingerprint density at radius 2 is 2.09 bits per heavy atom. The van der Waals surface area contributed by atoms with E-state index in [1.165, 1.54) is 11.6 Å². The molecule has 0 saturated carbocycles. The molecule has 1 aliphatic rings. The fraction of sp³-hybridized carbons (Fsp3) is 0.429. The molecule has 0 atom stereocenters. The van der Waals surface area contributed by atoms with Gasteiger partial charge in [-0.2, -0.15) is 0 Å². The van der Waals surface area contributed by atoms with Crippen molar-refractivity contribution in [3.05, 3.63) is 23.3 Å². The third-order valence-corrected chi connectivity index (χ3v) is 2.51. The number of nitrogens with one attached hydrogen (secondary N) is 1. The average molecular weight is 173 g/mol. The monoisotopic (exact) mass is 173 g/mol. The molecule has 1 rings (SSSR count). The summed E-state index contributed by atoms with van der Waals surface area (Å²) < 4.78 is 24.1. The van der Waals surface area contributed by atoms with E-state index in [0.29, 0.717) is 0 Å². The van der Waals surface area contributed by atoms with Gasteiger partial charge in [-0.3, -0.25) is 4.72 Å². The normalized spacial score (nSPS) is 21.2. The molecular formula is C7H11NO2S. The van der Waals surface area contributed by atoms with Crippen LogP contribution in [-0.4, -0.2) is 8.42 Å². The lowest BCUT2D eigenvalue weighted by molar-refractivity contribution is 0.597. The molecule has 4 heteroatoms. The Morgan fingerprint density at radius 1 is 1.45 bits per heavy atom. The Labute approximate surface area is 66.9 Å². The van der Waals surface area contributed by atoms with Crippen molar-refractivity contribution < 1.29 is 8.42 Å². The lowest BCUT2D eigenvalue weighted by atomic mass is 10.1. The van der Waals surface area contributed by atoms with E-state index in [2.05, 4.69) is 4.72 Å². The van der Waals surface area contributed by atoms with Gasteiger partial charge in [-0.05, 0) is 17.6 Å². The largest absolute Gasteiger partial charge is 0.287 e. The Hall–Kier alpha value is -0.770. The van der Waals surface area contributed by atoms with Crippen molar-refractivity contribution in [3.8, 4) is 0 Å². The molecule has 0 fully saturated rings. The van der Waals surface area contributed by atoms with Gasteiger partial charge in [0.1, 0.15) is 0 Å². The maximum Gasteiger partial charge on any atom is 0.254 e. The number of rotatable bonds is 1. The predicted octanol–water partition coefficient (Wildman–Crippen LogP) is 0.973. The second kappa shape index (κ2) is 2.70. The zero-order chi connectivity index (χ0) is 8.48. The van der Waals surface area contributed by atoms with Crippen molar-refractivity contribution in [1.82, 2.24) is 4.72 Å². The summed E-state index contributed by atoms with van der Waals surface area (Å²) in [5.41, 5.74) is 0.837. The lowest BCUT2D eigenvalue weighted by Crippen LogP contribution is -2.18. The van der Waals surface area contributed by atoms with Crippen molar-refractivity contribution in [2.75, 3.05) is 0 Å². The maximum absolute atomic E-state index is 10.9. The third-order valence-electron chi connectivity index (χ3n) is 1.47. The van der Waals surface area contributed by atoms with E-state index in [1.807, 2.05) is 13.8 Å². The minimum Gasteiger partial charge on any atom is -0.287 e. The highest BCUT2D eigenvalue weighted by Gasteiger charge is 2.11. The standard InChI is InChI=1S/C7H11NO2S/c1-6(2)7-3-4-8-11(9,10)5-7/h3-6,8H,1-2H3. The summed E-state index contributed by atoms with van der Waals surface area (Å²) >= 11 is 0. The van der Waals surface area contributed by atoms with Crippen molar-refractivity contribution >= 4 is 10.0 Å². The van der Waals surface area contributed by atoms with Gasteiger partial charge in [0.25, 0.3) is 10.0 Å². The van der Waals surface area contributed by atoms with Gasteiger partial charge in [-0.25, -0.2) is 8.42 Å². The van der Waals surface area contributed by atoms with Crippen LogP contribution in [0.15, 0.2) is 23.3 Å². The number of hydrogen-bond donors (Lipinski definition) is 1. The molecule has 1 aliphatic heterocycles. The van der Waals surface area contributed by atoms with Crippen LogP contribution in [0.5, 0.6) is 0 Å². The summed E-state index contributed by atoms with van der Waals surface area (Å²) in [6.45, 7) is 3.91. The minimum atomic E-state index is -3.18. The van der Waals surface area contributed by atoms with E-state index in [-0.39, 0.29) is 5.92 Å². The molecule has 0 aromatic heterocycles. The molecule has 0 radical (unpaired) electrons. The first kappa shape index (κ1) is 8.33. The maximum atomic E-state index is 10.9. The summed E-state index contributed by atoms with van der Waals surface area (Å²) in [6, 6.07) is 0. The average Bonchev–Trinajstić information content (AvgIpc) is 1.85. The molecule has 1 N–H and O–H groups in total. The van der Waals surface area contributed by atoms with E-state index in [9.17, 15) is 8.42 Å². The van der Waals surface area contributed by atoms with Crippen LogP contribution in [0.1, 0.15) is 13.8 Å². The first-order valence-electron chi connectivity index (χ1n) is 3.42. The van der Waals surface area contributed by atoms with Gasteiger partial charge in [0.2, 0.25) is 0 Å². The van der Waals surface area contributed by atoms with Crippen molar-refractivity contribution in [3.63, 3.8) is 0 Å². The minimum absolute atomic E-state index is 0.253. The van der Waals surface area contributed by atoms with Crippen LogP contribution in [-0.2, 0) is 10.0 Å². The Balaban J connectivity index is 2.99. The lowest BCUT2D eigenvalue weighted by Gasteiger charge is -2.11. The predicted molar refractivity (Wildman–Crippen MR) is 44.1 cm³/mol. The molecule has 0 aliphatic carbocycles. The van der Waals surface area contributed by atoms with Gasteiger partial charge < -0.3 is 0 Å². The SMILES string of the molecule is CC(C)C1=CS(=O)(=O)NC=C1. The summed E-state index contributed by atoms with van der Waals surface area (Å²) in [5, 5.41) is 1.26. The molecule has 1 heterocycles. The molecule has 11 heavy (non-hydrogen) atoms. The Kier molecular flexibility index (Phi) is 2.04. The quantitative estimate of drug-likeness (QED) is 0.642. The second-order valence-electron chi connectivity index (χ2n) is 2.77. The Bertz CT molecular complexity index is 298. The van der Waals surface area contributed by atoms with Gasteiger partial charge in [0.05, 0.1) is 5.41 Å². The van der Waals surface area contributed by atoms with Crippen LogP contribution in [0.4, 0.5) is 0 Å². The first-order chi connectivity index (χ1) is 5.01. The molecule has 0 aromatic rings. The molecular weight excluding hydrogens is 162 g/mol. The number of hydrogen-bond acceptors (Lipinski definition) is 2. The zero-order valence-corrected chi connectivity index (χ0v) is 7.35. The highest BCUT2D eigenvalue weighted by Crippen LogP contribution is 2.14. The fourth-order valence-corrected chi connectivity index (χ4v) is 1.84. The van der Waals surface area contributed by atoms with Gasteiger partial charge in [0, 0.05) is 6.20 Å². The second-order valence-corrected chi connectivity index (χ2v) is 4.33. The highest BCUT2D eigenvalue weighted by molar-refractivity contribution is 7.92. The van der Waals surface area contributed by atoms with E-state index in [4.69, 9.17) is 0 Å². The Morgan fingerprint density at radius 3 is 2.45 bits per heavy atom. The van der Waals surface area contributed by atoms with Crippen molar-refractivity contribution in [1.29, 1.82) is 0 Å². The highest BCUT2D eigenvalue weighted by atomic mass is 32.2. The summed E-state index contributed by atoms with van der Waals surface area (Å²) in [6.07, 6.45) is 3.22. The van der Waals surface area contributed by atoms with Crippen molar-refractivity contribution in [2.24, 2.45) is 5.92 Å². The van der Waals surface area contributed by atoms with Crippen LogP contribution in [0.25, 0.3) is 0 Å². The van der Waals surface area contributed by atoms with Crippen LogP contribution >= 0.6 is 0 Å². The van der Waals surface area contributed by atoms with Crippen molar-refractivity contribution in [2.45, 2.75) is 13.8 Å². The van der Waals surface area contributed by atoms with Crippen LogP contribution in [0.3, 0.4) is 0 Å². The molecule has 0 aromatic carbocycles. The smallest absolute Gasteiger partial charge is 0.254 e. The van der Waals surface area contributed by atoms with E-state index in [0.717, 1.165) is 5.57 Å². The summed E-state index contributed by atoms with van der Waals surface area (Å²) in [5.74, 6) is 0.253. The van der Waals surface area contributed by atoms with E-state index >= 15 is 0 Å². The first-order valence-corrected chi connectivity index (χ1v) is 4.96. The number of sulfonamides is 1. The van der Waals surface area contributed by atoms with E-state index < -0.39 is 10.0 Å². The third kappa shape index (κ3) is 2.08. The van der Waals surface area contributed by atoms with Crippen LogP contribution < -0.4 is 4.72 Å². The van der Waals surface area contributed by atoms with E-state index in [1.54, 1.807) is 6.08 Å². The van der Waals surface area contributed by atoms with Gasteiger partial charge in [-0.1, -0.05) is 13.8 Å².